The molecule has 0 amide bonds. The van der Waals surface area contributed by atoms with Gasteiger partial charge in [-0.2, -0.15) is 5.10 Å². The van der Waals surface area contributed by atoms with Crippen molar-refractivity contribution in [2.75, 3.05) is 0 Å². The van der Waals surface area contributed by atoms with E-state index in [9.17, 15) is 0 Å². The lowest BCUT2D eigenvalue weighted by molar-refractivity contribution is 0.405. The number of nitrogens with one attached hydrogen (secondary N) is 1. The van der Waals surface area contributed by atoms with Crippen LogP contribution < -0.4 is 5.32 Å². The van der Waals surface area contributed by atoms with Crippen molar-refractivity contribution in [2.45, 2.75) is 19.1 Å². The summed E-state index contributed by atoms with van der Waals surface area (Å²) in [6.07, 6.45) is 4.96. The van der Waals surface area contributed by atoms with Crippen molar-refractivity contribution in [2.24, 2.45) is 0 Å². The summed E-state index contributed by atoms with van der Waals surface area (Å²) in [5, 5.41) is 7.66. The molecule has 3 aromatic rings. The van der Waals surface area contributed by atoms with Gasteiger partial charge in [-0.1, -0.05) is 30.3 Å². The number of furan rings is 1. The molecule has 0 saturated carbocycles. The van der Waals surface area contributed by atoms with Crippen molar-refractivity contribution in [3.63, 3.8) is 0 Å². The zero-order chi connectivity index (χ0) is 13.6. The lowest BCUT2D eigenvalue weighted by Gasteiger charge is -2.18. The van der Waals surface area contributed by atoms with Crippen LogP contribution in [0.2, 0.25) is 0 Å². The molecule has 0 saturated heterocycles. The lowest BCUT2D eigenvalue weighted by Crippen LogP contribution is -2.25. The van der Waals surface area contributed by atoms with E-state index in [1.54, 1.807) is 18.9 Å². The highest BCUT2D eigenvalue weighted by molar-refractivity contribution is 5.19. The predicted octanol–water partition coefficient (Wildman–Crippen LogP) is 2.40. The molecule has 5 nitrogen and oxygen atoms in total. The second kappa shape index (κ2) is 6.16. The van der Waals surface area contributed by atoms with Crippen LogP contribution in [0.15, 0.2) is 65.8 Å². The van der Waals surface area contributed by atoms with E-state index in [4.69, 9.17) is 4.42 Å². The summed E-state index contributed by atoms with van der Waals surface area (Å²) < 4.78 is 7.18. The van der Waals surface area contributed by atoms with Crippen LogP contribution in [0.5, 0.6) is 0 Å². The van der Waals surface area contributed by atoms with Crippen LogP contribution in [0.25, 0.3) is 0 Å². The fourth-order valence-electron chi connectivity index (χ4n) is 2.12. The molecule has 5 heteroatoms. The molecular formula is C15H16N4O. The molecule has 2 aromatic heterocycles. The molecular weight excluding hydrogens is 252 g/mol. The third kappa shape index (κ3) is 3.13. The van der Waals surface area contributed by atoms with E-state index in [-0.39, 0.29) is 6.04 Å². The Morgan fingerprint density at radius 2 is 2.05 bits per heavy atom. The summed E-state index contributed by atoms with van der Waals surface area (Å²) in [5.41, 5.74) is 1.22. The van der Waals surface area contributed by atoms with Crippen LogP contribution in [-0.2, 0) is 13.1 Å². The molecule has 0 aliphatic rings. The summed E-state index contributed by atoms with van der Waals surface area (Å²) in [4.78, 5) is 3.98. The van der Waals surface area contributed by atoms with Gasteiger partial charge in [-0.25, -0.2) is 4.98 Å². The van der Waals surface area contributed by atoms with Gasteiger partial charge < -0.3 is 9.73 Å². The smallest absolute Gasteiger partial charge is 0.137 e. The Balaban J connectivity index is 1.73. The number of nitrogens with zero attached hydrogens (tertiary/aromatic N) is 3. The molecule has 0 spiro atoms. The first kappa shape index (κ1) is 12.6. The summed E-state index contributed by atoms with van der Waals surface area (Å²) in [7, 11) is 0. The zero-order valence-electron chi connectivity index (χ0n) is 11.0. The molecule has 1 atom stereocenters. The molecule has 0 fully saturated rings. The van der Waals surface area contributed by atoms with E-state index in [0.29, 0.717) is 6.54 Å². The molecule has 0 radical (unpaired) electrons. The molecule has 1 N–H and O–H groups in total. The van der Waals surface area contributed by atoms with Crippen LogP contribution in [0.4, 0.5) is 0 Å². The topological polar surface area (TPSA) is 55.9 Å². The molecule has 2 heterocycles. The maximum Gasteiger partial charge on any atom is 0.137 e. The normalized spacial score (nSPS) is 12.4. The van der Waals surface area contributed by atoms with Crippen molar-refractivity contribution >= 4 is 0 Å². The highest BCUT2D eigenvalue weighted by Crippen LogP contribution is 2.15. The summed E-state index contributed by atoms with van der Waals surface area (Å²) in [6, 6.07) is 14.3. The van der Waals surface area contributed by atoms with E-state index in [0.717, 1.165) is 12.3 Å². The summed E-state index contributed by atoms with van der Waals surface area (Å²) >= 11 is 0. The van der Waals surface area contributed by atoms with Crippen LogP contribution in [0.1, 0.15) is 17.4 Å². The molecule has 102 valence electrons. The number of hydrogen-bond acceptors (Lipinski definition) is 4. The Hall–Kier alpha value is -2.40. The number of hydrogen-bond donors (Lipinski definition) is 1. The van der Waals surface area contributed by atoms with Gasteiger partial charge in [-0.05, 0) is 17.7 Å². The standard InChI is InChI=1S/C15H16N4O/c1-2-5-13(6-3-1)15(10-19-12-16-11-18-19)17-9-14-7-4-8-20-14/h1-8,11-12,15,17H,9-10H2/t15-/m1/s1. The van der Waals surface area contributed by atoms with Crippen molar-refractivity contribution < 1.29 is 4.42 Å². The van der Waals surface area contributed by atoms with E-state index in [2.05, 4.69) is 27.5 Å². The van der Waals surface area contributed by atoms with Gasteiger partial charge in [-0.15, -0.1) is 0 Å². The fourth-order valence-corrected chi connectivity index (χ4v) is 2.12. The quantitative estimate of drug-likeness (QED) is 0.746. The van der Waals surface area contributed by atoms with Crippen molar-refractivity contribution in [1.29, 1.82) is 0 Å². The van der Waals surface area contributed by atoms with Crippen molar-refractivity contribution in [3.8, 4) is 0 Å². The van der Waals surface area contributed by atoms with E-state index >= 15 is 0 Å². The van der Waals surface area contributed by atoms with Crippen molar-refractivity contribution in [1.82, 2.24) is 20.1 Å². The van der Waals surface area contributed by atoms with Gasteiger partial charge in [0.05, 0.1) is 25.4 Å². The number of rotatable bonds is 6. The maximum absolute atomic E-state index is 5.36. The minimum atomic E-state index is 0.156. The van der Waals surface area contributed by atoms with Crippen molar-refractivity contribution in [3.05, 3.63) is 72.7 Å². The molecule has 0 aliphatic carbocycles. The Labute approximate surface area is 117 Å². The SMILES string of the molecule is c1ccc([C@@H](Cn2cncn2)NCc2ccco2)cc1. The molecule has 20 heavy (non-hydrogen) atoms. The van der Waals surface area contributed by atoms with E-state index in [1.807, 2.05) is 35.0 Å². The first-order valence-electron chi connectivity index (χ1n) is 6.55. The van der Waals surface area contributed by atoms with Gasteiger partial charge in [0.15, 0.2) is 0 Å². The lowest BCUT2D eigenvalue weighted by atomic mass is 10.1. The number of benzene rings is 1. The monoisotopic (exact) mass is 268 g/mol. The van der Waals surface area contributed by atoms with Crippen LogP contribution in [-0.4, -0.2) is 14.8 Å². The van der Waals surface area contributed by atoms with Gasteiger partial charge in [0.2, 0.25) is 0 Å². The Morgan fingerprint density at radius 1 is 1.15 bits per heavy atom. The average molecular weight is 268 g/mol. The molecule has 0 bridgehead atoms. The first-order valence-corrected chi connectivity index (χ1v) is 6.55. The minimum Gasteiger partial charge on any atom is -0.468 e. The molecule has 3 rings (SSSR count). The van der Waals surface area contributed by atoms with Gasteiger partial charge in [-0.3, -0.25) is 4.68 Å². The Bertz CT molecular complexity index is 605. The average Bonchev–Trinajstić information content (AvgIpc) is 3.18. The van der Waals surface area contributed by atoms with Crippen LogP contribution >= 0.6 is 0 Å². The number of aromatic nitrogens is 3. The summed E-state index contributed by atoms with van der Waals surface area (Å²) in [5.74, 6) is 0.921. The largest absolute Gasteiger partial charge is 0.468 e. The van der Waals surface area contributed by atoms with Gasteiger partial charge in [0.1, 0.15) is 18.4 Å². The molecule has 1 aromatic carbocycles. The fraction of sp³-hybridized carbons (Fsp3) is 0.200. The third-order valence-corrected chi connectivity index (χ3v) is 3.14. The molecule has 0 aliphatic heterocycles. The Kier molecular flexibility index (Phi) is 3.89. The second-order valence-electron chi connectivity index (χ2n) is 4.54. The third-order valence-electron chi connectivity index (χ3n) is 3.14. The zero-order valence-corrected chi connectivity index (χ0v) is 11.0. The Morgan fingerprint density at radius 3 is 2.75 bits per heavy atom. The van der Waals surface area contributed by atoms with E-state index < -0.39 is 0 Å². The highest BCUT2D eigenvalue weighted by Gasteiger charge is 2.12. The highest BCUT2D eigenvalue weighted by atomic mass is 16.3. The summed E-state index contributed by atoms with van der Waals surface area (Å²) in [6.45, 7) is 1.41. The molecule has 0 unspecified atom stereocenters. The van der Waals surface area contributed by atoms with Crippen LogP contribution in [0, 0.1) is 0 Å². The van der Waals surface area contributed by atoms with Crippen LogP contribution in [0.3, 0.4) is 0 Å². The maximum atomic E-state index is 5.36. The second-order valence-corrected chi connectivity index (χ2v) is 4.54. The van der Waals surface area contributed by atoms with Gasteiger partial charge >= 0.3 is 0 Å². The minimum absolute atomic E-state index is 0.156. The van der Waals surface area contributed by atoms with Gasteiger partial charge in [0.25, 0.3) is 0 Å². The first-order chi connectivity index (χ1) is 9.92. The predicted molar refractivity (Wildman–Crippen MR) is 74.8 cm³/mol. The van der Waals surface area contributed by atoms with E-state index in [1.165, 1.54) is 5.56 Å². The van der Waals surface area contributed by atoms with Gasteiger partial charge in [0, 0.05) is 0 Å².